The summed E-state index contributed by atoms with van der Waals surface area (Å²) in [5, 5.41) is 0.363. The van der Waals surface area contributed by atoms with Crippen LogP contribution in [0, 0.1) is 13.8 Å². The number of hydrogen-bond donors (Lipinski definition) is 0. The van der Waals surface area contributed by atoms with Crippen LogP contribution in [0.5, 0.6) is 0 Å². The number of halogens is 1. The predicted molar refractivity (Wildman–Crippen MR) is 103 cm³/mol. The van der Waals surface area contributed by atoms with Crippen LogP contribution < -0.4 is 5.76 Å². The van der Waals surface area contributed by atoms with E-state index < -0.39 is 0 Å². The Morgan fingerprint density at radius 2 is 1.96 bits per heavy atom. The molecule has 0 atom stereocenters. The average Bonchev–Trinajstić information content (AvgIpc) is 2.98. The van der Waals surface area contributed by atoms with E-state index in [4.69, 9.17) is 16.0 Å². The molecule has 1 saturated heterocycles. The van der Waals surface area contributed by atoms with Crippen LogP contribution in [-0.2, 0) is 0 Å². The summed E-state index contributed by atoms with van der Waals surface area (Å²) < 4.78 is 7.25. The van der Waals surface area contributed by atoms with Gasteiger partial charge in [-0.1, -0.05) is 17.7 Å². The summed E-state index contributed by atoms with van der Waals surface area (Å²) in [5.41, 5.74) is 4.07. The molecule has 0 unspecified atom stereocenters. The Morgan fingerprint density at radius 3 is 2.63 bits per heavy atom. The number of amides is 1. The molecule has 6 nitrogen and oxygen atoms in total. The molecule has 140 valence electrons. The maximum Gasteiger partial charge on any atom is 0.420 e. The van der Waals surface area contributed by atoms with Crippen LogP contribution in [0.15, 0.2) is 39.7 Å². The van der Waals surface area contributed by atoms with Crippen molar-refractivity contribution in [3.8, 4) is 0 Å². The van der Waals surface area contributed by atoms with E-state index in [-0.39, 0.29) is 17.7 Å². The van der Waals surface area contributed by atoms with E-state index in [0.29, 0.717) is 42.2 Å². The lowest BCUT2D eigenvalue weighted by Crippen LogP contribution is -2.40. The largest absolute Gasteiger partial charge is 0.420 e. The topological polar surface area (TPSA) is 68.3 Å². The highest BCUT2D eigenvalue weighted by molar-refractivity contribution is 6.29. The van der Waals surface area contributed by atoms with Crippen molar-refractivity contribution >= 4 is 28.6 Å². The van der Waals surface area contributed by atoms with Crippen LogP contribution >= 0.6 is 11.6 Å². The second-order valence-corrected chi connectivity index (χ2v) is 7.45. The molecule has 2 aromatic heterocycles. The SMILES string of the molecule is Cc1cc(C)c2oc(=O)n(C3CCN(C(=O)c4ccc(Cl)nc4)CC3)c2c1. The lowest BCUT2D eigenvalue weighted by molar-refractivity contribution is 0.0693. The first-order valence-electron chi connectivity index (χ1n) is 8.97. The number of likely N-dealkylation sites (tertiary alicyclic amines) is 1. The molecule has 1 aromatic carbocycles. The lowest BCUT2D eigenvalue weighted by atomic mass is 10.0. The second-order valence-electron chi connectivity index (χ2n) is 7.06. The number of rotatable bonds is 2. The summed E-state index contributed by atoms with van der Waals surface area (Å²) in [6.45, 7) is 5.12. The van der Waals surface area contributed by atoms with Crippen molar-refractivity contribution in [2.45, 2.75) is 32.7 Å². The number of aryl methyl sites for hydroxylation is 2. The number of piperidine rings is 1. The molecule has 7 heteroatoms. The van der Waals surface area contributed by atoms with E-state index in [0.717, 1.165) is 16.6 Å². The predicted octanol–water partition coefficient (Wildman–Crippen LogP) is 3.74. The highest BCUT2D eigenvalue weighted by atomic mass is 35.5. The van der Waals surface area contributed by atoms with Gasteiger partial charge in [0.05, 0.1) is 11.1 Å². The molecule has 1 amide bonds. The molecule has 1 fully saturated rings. The van der Waals surface area contributed by atoms with Crippen LogP contribution in [0.2, 0.25) is 5.15 Å². The smallest absolute Gasteiger partial charge is 0.407 e. The van der Waals surface area contributed by atoms with E-state index in [1.165, 1.54) is 6.20 Å². The summed E-state index contributed by atoms with van der Waals surface area (Å²) in [5.74, 6) is -0.390. The molecule has 4 rings (SSSR count). The molecular formula is C20H20ClN3O3. The maximum atomic E-state index is 12.6. The third-order valence-electron chi connectivity index (χ3n) is 5.14. The maximum absolute atomic E-state index is 12.6. The van der Waals surface area contributed by atoms with Crippen molar-refractivity contribution in [2.24, 2.45) is 0 Å². The Balaban J connectivity index is 1.55. The van der Waals surface area contributed by atoms with Crippen LogP contribution in [0.3, 0.4) is 0 Å². The van der Waals surface area contributed by atoms with E-state index in [1.54, 1.807) is 21.6 Å². The molecule has 1 aliphatic heterocycles. The van der Waals surface area contributed by atoms with E-state index in [1.807, 2.05) is 26.0 Å². The van der Waals surface area contributed by atoms with Gasteiger partial charge >= 0.3 is 5.76 Å². The van der Waals surface area contributed by atoms with Crippen LogP contribution in [0.1, 0.15) is 40.4 Å². The Hall–Kier alpha value is -2.60. The number of fused-ring (bicyclic) bond motifs is 1. The molecule has 27 heavy (non-hydrogen) atoms. The number of benzene rings is 1. The first-order chi connectivity index (χ1) is 12.9. The molecule has 0 spiro atoms. The first kappa shape index (κ1) is 17.8. The number of oxazole rings is 1. The number of pyridine rings is 1. The van der Waals surface area contributed by atoms with Gasteiger partial charge < -0.3 is 9.32 Å². The quantitative estimate of drug-likeness (QED) is 0.630. The van der Waals surface area contributed by atoms with Gasteiger partial charge in [0.15, 0.2) is 5.58 Å². The van der Waals surface area contributed by atoms with Crippen molar-refractivity contribution in [1.29, 1.82) is 0 Å². The summed E-state index contributed by atoms with van der Waals surface area (Å²) in [4.78, 5) is 30.9. The Labute approximate surface area is 161 Å². The number of carbonyl (C=O) groups is 1. The molecule has 3 aromatic rings. The lowest BCUT2D eigenvalue weighted by Gasteiger charge is -2.32. The standard InChI is InChI=1S/C20H20ClN3O3/c1-12-9-13(2)18-16(10-12)24(20(26)27-18)15-5-7-23(8-6-15)19(25)14-3-4-17(21)22-11-14/h3-4,9-11,15H,5-8H2,1-2H3. The zero-order valence-electron chi connectivity index (χ0n) is 15.2. The number of aromatic nitrogens is 2. The van der Waals surface area contributed by atoms with Crippen LogP contribution in [0.4, 0.5) is 0 Å². The van der Waals surface area contributed by atoms with Gasteiger partial charge in [-0.25, -0.2) is 9.78 Å². The zero-order chi connectivity index (χ0) is 19.1. The molecule has 0 saturated carbocycles. The van der Waals surface area contributed by atoms with Crippen molar-refractivity contribution in [3.63, 3.8) is 0 Å². The van der Waals surface area contributed by atoms with Crippen LogP contribution in [0.25, 0.3) is 11.1 Å². The van der Waals surface area contributed by atoms with Crippen molar-refractivity contribution < 1.29 is 9.21 Å². The van der Waals surface area contributed by atoms with Crippen molar-refractivity contribution in [3.05, 3.63) is 62.9 Å². The minimum Gasteiger partial charge on any atom is -0.407 e. The van der Waals surface area contributed by atoms with Gasteiger partial charge in [0.2, 0.25) is 0 Å². The number of nitrogens with zero attached hydrogens (tertiary/aromatic N) is 3. The summed E-state index contributed by atoms with van der Waals surface area (Å²) in [6.07, 6.45) is 2.90. The Bertz CT molecular complexity index is 1060. The Morgan fingerprint density at radius 1 is 1.22 bits per heavy atom. The highest BCUT2D eigenvalue weighted by Gasteiger charge is 2.27. The summed E-state index contributed by atoms with van der Waals surface area (Å²) >= 11 is 5.79. The fraction of sp³-hybridized carbons (Fsp3) is 0.350. The molecular weight excluding hydrogens is 366 g/mol. The van der Waals surface area contributed by atoms with Gasteiger partial charge in [-0.3, -0.25) is 9.36 Å². The summed E-state index contributed by atoms with van der Waals surface area (Å²) in [7, 11) is 0. The number of carbonyl (C=O) groups excluding carboxylic acids is 1. The van der Waals surface area contributed by atoms with Gasteiger partial charge in [0, 0.05) is 25.3 Å². The average molecular weight is 386 g/mol. The molecule has 0 aliphatic carbocycles. The fourth-order valence-electron chi connectivity index (χ4n) is 3.84. The van der Waals surface area contributed by atoms with Gasteiger partial charge in [0.1, 0.15) is 5.15 Å². The summed E-state index contributed by atoms with van der Waals surface area (Å²) in [6, 6.07) is 7.32. The van der Waals surface area contributed by atoms with Crippen LogP contribution in [-0.4, -0.2) is 33.4 Å². The highest BCUT2D eigenvalue weighted by Crippen LogP contribution is 2.28. The van der Waals surface area contributed by atoms with Gasteiger partial charge in [-0.05, 0) is 56.0 Å². The molecule has 0 N–H and O–H groups in total. The second kappa shape index (κ2) is 6.85. The third kappa shape index (κ3) is 3.25. The molecule has 0 radical (unpaired) electrons. The van der Waals surface area contributed by atoms with E-state index in [9.17, 15) is 9.59 Å². The zero-order valence-corrected chi connectivity index (χ0v) is 16.0. The van der Waals surface area contributed by atoms with Gasteiger partial charge in [-0.15, -0.1) is 0 Å². The molecule has 0 bridgehead atoms. The normalized spacial score (nSPS) is 15.4. The van der Waals surface area contributed by atoms with E-state index >= 15 is 0 Å². The minimum atomic E-state index is -0.328. The minimum absolute atomic E-state index is 0.0207. The van der Waals surface area contributed by atoms with Gasteiger partial charge in [0.25, 0.3) is 5.91 Å². The number of hydrogen-bond acceptors (Lipinski definition) is 4. The van der Waals surface area contributed by atoms with Crippen molar-refractivity contribution in [1.82, 2.24) is 14.5 Å². The molecule has 1 aliphatic rings. The fourth-order valence-corrected chi connectivity index (χ4v) is 3.95. The molecule has 3 heterocycles. The first-order valence-corrected chi connectivity index (χ1v) is 9.35. The van der Waals surface area contributed by atoms with Crippen molar-refractivity contribution in [2.75, 3.05) is 13.1 Å². The third-order valence-corrected chi connectivity index (χ3v) is 5.36. The monoisotopic (exact) mass is 385 g/mol. The van der Waals surface area contributed by atoms with Gasteiger partial charge in [-0.2, -0.15) is 0 Å². The Kier molecular flexibility index (Phi) is 4.52. The van der Waals surface area contributed by atoms with E-state index in [2.05, 4.69) is 4.98 Å².